The van der Waals surface area contributed by atoms with E-state index >= 15 is 0 Å². The fourth-order valence-electron chi connectivity index (χ4n) is 6.30. The van der Waals surface area contributed by atoms with Gasteiger partial charge in [0.05, 0.1) is 5.69 Å². The molecular weight excluding hydrogens is 378 g/mol. The Morgan fingerprint density at radius 1 is 0.806 bits per heavy atom. The number of hydrogen-bond donors (Lipinski definition) is 0. The van der Waals surface area contributed by atoms with Gasteiger partial charge in [0, 0.05) is 28.1 Å². The summed E-state index contributed by atoms with van der Waals surface area (Å²) in [6.07, 6.45) is 12.6. The van der Waals surface area contributed by atoms with Crippen molar-refractivity contribution in [2.24, 2.45) is 0 Å². The maximum Gasteiger partial charge on any atom is 0.143 e. The van der Waals surface area contributed by atoms with Crippen molar-refractivity contribution in [3.05, 3.63) is 65.0 Å². The van der Waals surface area contributed by atoms with E-state index in [0.717, 1.165) is 28.5 Å². The minimum Gasteiger partial charge on any atom is -0.460 e. The van der Waals surface area contributed by atoms with Crippen LogP contribution in [0, 0.1) is 13.8 Å². The Morgan fingerprint density at radius 2 is 1.55 bits per heavy atom. The smallest absolute Gasteiger partial charge is 0.143 e. The first-order valence-electron chi connectivity index (χ1n) is 12.1. The predicted molar refractivity (Wildman–Crippen MR) is 129 cm³/mol. The Kier molecular flexibility index (Phi) is 4.63. The lowest BCUT2D eigenvalue weighted by Gasteiger charge is -2.13. The first kappa shape index (κ1) is 19.1. The first-order chi connectivity index (χ1) is 15.2. The van der Waals surface area contributed by atoms with Crippen LogP contribution in [0.5, 0.6) is 0 Å². The highest BCUT2D eigenvalue weighted by molar-refractivity contribution is 6.03. The molecule has 0 aliphatic heterocycles. The molecule has 2 saturated carbocycles. The van der Waals surface area contributed by atoms with Crippen LogP contribution in [0.1, 0.15) is 85.7 Å². The van der Waals surface area contributed by atoms with E-state index in [1.807, 2.05) is 6.20 Å². The minimum atomic E-state index is 0.644. The monoisotopic (exact) mass is 409 g/mol. The average molecular weight is 410 g/mol. The highest BCUT2D eigenvalue weighted by Crippen LogP contribution is 2.44. The van der Waals surface area contributed by atoms with Crippen molar-refractivity contribution in [1.29, 1.82) is 0 Å². The second-order valence-corrected chi connectivity index (χ2v) is 9.86. The third-order valence-corrected chi connectivity index (χ3v) is 7.79. The lowest BCUT2D eigenvalue weighted by Crippen LogP contribution is -1.94. The second-order valence-electron chi connectivity index (χ2n) is 9.86. The van der Waals surface area contributed by atoms with E-state index in [1.165, 1.54) is 84.2 Å². The number of aryl methyl sites for hydroxylation is 2. The van der Waals surface area contributed by atoms with Crippen LogP contribution < -0.4 is 0 Å². The lowest BCUT2D eigenvalue weighted by molar-refractivity contribution is 0.562. The molecule has 2 heterocycles. The summed E-state index contributed by atoms with van der Waals surface area (Å²) >= 11 is 0. The molecule has 2 aliphatic rings. The summed E-state index contributed by atoms with van der Waals surface area (Å²) in [5, 5.41) is 3.83. The molecular formula is C29H31NO. The molecule has 2 fully saturated rings. The van der Waals surface area contributed by atoms with Crippen molar-refractivity contribution in [3.8, 4) is 11.3 Å². The molecule has 0 bridgehead atoms. The fourth-order valence-corrected chi connectivity index (χ4v) is 6.30. The number of pyridine rings is 1. The quantitative estimate of drug-likeness (QED) is 0.338. The van der Waals surface area contributed by atoms with Gasteiger partial charge in [-0.25, -0.2) is 0 Å². The van der Waals surface area contributed by atoms with Crippen LogP contribution in [0.2, 0.25) is 0 Å². The normalized spacial score (nSPS) is 18.0. The average Bonchev–Trinajstić information content (AvgIpc) is 3.53. The molecule has 2 heteroatoms. The molecule has 0 saturated heterocycles. The van der Waals surface area contributed by atoms with Gasteiger partial charge in [-0.05, 0) is 86.1 Å². The van der Waals surface area contributed by atoms with Gasteiger partial charge in [0.1, 0.15) is 11.3 Å². The van der Waals surface area contributed by atoms with Crippen molar-refractivity contribution in [2.75, 3.05) is 0 Å². The number of benzene rings is 2. The summed E-state index contributed by atoms with van der Waals surface area (Å²) < 4.78 is 6.47. The van der Waals surface area contributed by atoms with E-state index < -0.39 is 0 Å². The van der Waals surface area contributed by atoms with Crippen LogP contribution in [0.15, 0.2) is 47.0 Å². The van der Waals surface area contributed by atoms with Gasteiger partial charge >= 0.3 is 0 Å². The molecule has 2 aromatic carbocycles. The zero-order valence-corrected chi connectivity index (χ0v) is 18.7. The van der Waals surface area contributed by atoms with Gasteiger partial charge in [0.25, 0.3) is 0 Å². The van der Waals surface area contributed by atoms with Crippen LogP contribution in [0.4, 0.5) is 0 Å². The first-order valence-corrected chi connectivity index (χ1v) is 12.1. The maximum absolute atomic E-state index is 6.47. The van der Waals surface area contributed by atoms with Gasteiger partial charge in [0.2, 0.25) is 0 Å². The lowest BCUT2D eigenvalue weighted by atomic mass is 9.91. The van der Waals surface area contributed by atoms with Gasteiger partial charge in [-0.2, -0.15) is 0 Å². The molecule has 0 amide bonds. The van der Waals surface area contributed by atoms with Gasteiger partial charge in [-0.3, -0.25) is 4.98 Å². The Bertz CT molecular complexity index is 1270. The van der Waals surface area contributed by atoms with E-state index in [2.05, 4.69) is 50.2 Å². The van der Waals surface area contributed by atoms with Crippen molar-refractivity contribution in [2.45, 2.75) is 77.0 Å². The fraction of sp³-hybridized carbons (Fsp3) is 0.414. The number of rotatable bonds is 3. The Hall–Kier alpha value is -2.61. The van der Waals surface area contributed by atoms with Crippen LogP contribution in [0.25, 0.3) is 33.0 Å². The largest absolute Gasteiger partial charge is 0.460 e. The number of furan rings is 1. The van der Waals surface area contributed by atoms with Crippen LogP contribution >= 0.6 is 0 Å². The van der Waals surface area contributed by atoms with Gasteiger partial charge in [-0.15, -0.1) is 0 Å². The van der Waals surface area contributed by atoms with Crippen molar-refractivity contribution < 1.29 is 4.42 Å². The second kappa shape index (κ2) is 7.51. The number of nitrogens with zero attached hydrogens (tertiary/aromatic N) is 1. The molecule has 31 heavy (non-hydrogen) atoms. The van der Waals surface area contributed by atoms with E-state index in [-0.39, 0.29) is 0 Å². The third kappa shape index (κ3) is 3.19. The van der Waals surface area contributed by atoms with Crippen LogP contribution in [0.3, 0.4) is 0 Å². The molecule has 2 aliphatic carbocycles. The van der Waals surface area contributed by atoms with Gasteiger partial charge < -0.3 is 4.42 Å². The van der Waals surface area contributed by atoms with Gasteiger partial charge in [0.15, 0.2) is 0 Å². The summed E-state index contributed by atoms with van der Waals surface area (Å²) in [5.74, 6) is 2.47. The zero-order valence-electron chi connectivity index (χ0n) is 18.7. The summed E-state index contributed by atoms with van der Waals surface area (Å²) in [4.78, 5) is 4.87. The summed E-state index contributed by atoms with van der Waals surface area (Å²) in [6.45, 7) is 4.35. The molecule has 0 radical (unpaired) electrons. The highest BCUT2D eigenvalue weighted by Gasteiger charge is 2.26. The number of hydrogen-bond acceptors (Lipinski definition) is 2. The zero-order chi connectivity index (χ0) is 20.9. The predicted octanol–water partition coefficient (Wildman–Crippen LogP) is 8.58. The standard InChI is InChI=1S/C29H31NO/c1-18-15-25-27(21-9-5-6-10-21)19(2)31-29(25)26(16-18)28-24-12-11-22(20-7-3-4-8-20)17-23(24)13-14-30-28/h11-17,20-21H,3-10H2,1-2H3. The highest BCUT2D eigenvalue weighted by atomic mass is 16.3. The van der Waals surface area contributed by atoms with E-state index in [9.17, 15) is 0 Å². The van der Waals surface area contributed by atoms with Crippen LogP contribution in [-0.2, 0) is 0 Å². The third-order valence-electron chi connectivity index (χ3n) is 7.79. The van der Waals surface area contributed by atoms with E-state index in [1.54, 1.807) is 0 Å². The van der Waals surface area contributed by atoms with Crippen molar-refractivity contribution >= 4 is 21.7 Å². The topological polar surface area (TPSA) is 26.0 Å². The molecule has 6 rings (SSSR count). The molecule has 2 aromatic heterocycles. The van der Waals surface area contributed by atoms with Crippen LogP contribution in [-0.4, -0.2) is 4.98 Å². The number of fused-ring (bicyclic) bond motifs is 2. The number of aromatic nitrogens is 1. The molecule has 2 nitrogen and oxygen atoms in total. The molecule has 0 unspecified atom stereocenters. The molecule has 0 spiro atoms. The SMILES string of the molecule is Cc1cc(-c2nccc3cc(C4CCCC4)ccc23)c2oc(C)c(C3CCCC3)c2c1. The minimum absolute atomic E-state index is 0.644. The summed E-state index contributed by atoms with van der Waals surface area (Å²) in [7, 11) is 0. The van der Waals surface area contributed by atoms with E-state index in [0.29, 0.717) is 5.92 Å². The summed E-state index contributed by atoms with van der Waals surface area (Å²) in [6, 6.07) is 13.8. The molecule has 4 aromatic rings. The Labute approximate surface area is 184 Å². The van der Waals surface area contributed by atoms with Crippen molar-refractivity contribution in [1.82, 2.24) is 4.98 Å². The van der Waals surface area contributed by atoms with Gasteiger partial charge in [-0.1, -0.05) is 43.9 Å². The van der Waals surface area contributed by atoms with Crippen molar-refractivity contribution in [3.63, 3.8) is 0 Å². The van der Waals surface area contributed by atoms with E-state index in [4.69, 9.17) is 9.40 Å². The Balaban J connectivity index is 1.54. The summed E-state index contributed by atoms with van der Waals surface area (Å²) in [5.41, 5.74) is 7.43. The molecule has 0 N–H and O–H groups in total. The molecule has 0 atom stereocenters. The Morgan fingerprint density at radius 3 is 2.32 bits per heavy atom. The molecule has 158 valence electrons. The maximum atomic E-state index is 6.47.